The van der Waals surface area contributed by atoms with Crippen LogP contribution in [0.5, 0.6) is 0 Å². The number of hydrogen-bond acceptors (Lipinski definition) is 2. The van der Waals surface area contributed by atoms with Crippen LogP contribution in [-0.4, -0.2) is 39.9 Å². The number of aliphatic hydroxyl groups is 1. The van der Waals surface area contributed by atoms with Gasteiger partial charge in [0.15, 0.2) is 0 Å². The molecule has 0 aliphatic carbocycles. The average Bonchev–Trinajstić information content (AvgIpc) is 2.24. The van der Waals surface area contributed by atoms with E-state index in [1.807, 2.05) is 12.1 Å². The Morgan fingerprint density at radius 2 is 2.06 bits per heavy atom. The Morgan fingerprint density at radius 1 is 1.44 bits per heavy atom. The summed E-state index contributed by atoms with van der Waals surface area (Å²) < 4.78 is 0. The number of carbonyl (C=O) groups is 1. The van der Waals surface area contributed by atoms with Gasteiger partial charge in [0.05, 0.1) is 18.7 Å². The molecule has 1 aliphatic heterocycles. The van der Waals surface area contributed by atoms with Crippen LogP contribution in [-0.2, 0) is 6.42 Å². The van der Waals surface area contributed by atoms with Gasteiger partial charge in [0.2, 0.25) is 0 Å². The maximum atomic E-state index is 10.8. The van der Waals surface area contributed by atoms with Crippen LogP contribution >= 0.6 is 11.6 Å². The van der Waals surface area contributed by atoms with Crippen molar-refractivity contribution in [1.29, 1.82) is 0 Å². The predicted octanol–water partition coefficient (Wildman–Crippen LogP) is 1.61. The number of amides is 1. The highest BCUT2D eigenvalue weighted by Crippen LogP contribution is 2.23. The molecule has 1 aromatic carbocycles. The molecule has 0 spiro atoms. The number of nitrogens with zero attached hydrogens (tertiary/aromatic N) is 1. The van der Waals surface area contributed by atoms with Crippen LogP contribution in [0.25, 0.3) is 0 Å². The average molecular weight is 242 g/mol. The van der Waals surface area contributed by atoms with Gasteiger partial charge < -0.3 is 10.2 Å². The predicted molar refractivity (Wildman–Crippen MR) is 59.7 cm³/mol. The van der Waals surface area contributed by atoms with Crippen LogP contribution in [0.3, 0.4) is 0 Å². The summed E-state index contributed by atoms with van der Waals surface area (Å²) >= 11 is 5.75. The van der Waals surface area contributed by atoms with Crippen molar-refractivity contribution in [2.24, 2.45) is 0 Å². The zero-order valence-electron chi connectivity index (χ0n) is 8.51. The zero-order chi connectivity index (χ0) is 11.7. The molecular formula is C11H12ClNO3. The third-order valence-electron chi connectivity index (χ3n) is 2.83. The maximum Gasteiger partial charge on any atom is 0.407 e. The molecule has 2 N–H and O–H groups in total. The van der Waals surface area contributed by atoms with Gasteiger partial charge in [-0.25, -0.2) is 4.79 Å². The van der Waals surface area contributed by atoms with Crippen LogP contribution in [0.4, 0.5) is 4.79 Å². The minimum Gasteiger partial charge on any atom is -0.465 e. The van der Waals surface area contributed by atoms with E-state index in [0.29, 0.717) is 11.4 Å². The number of carboxylic acid groups (broad SMARTS) is 1. The molecule has 4 nitrogen and oxygen atoms in total. The lowest BCUT2D eigenvalue weighted by Crippen LogP contribution is -2.62. The summed E-state index contributed by atoms with van der Waals surface area (Å²) in [5.74, 6) is 0. The SMILES string of the molecule is O=C(O)N1CC(O)[C@@H]1Cc1ccc(Cl)cc1. The summed E-state index contributed by atoms with van der Waals surface area (Å²) in [6.07, 6.45) is -1.03. The van der Waals surface area contributed by atoms with E-state index >= 15 is 0 Å². The number of halogens is 1. The van der Waals surface area contributed by atoms with Crippen molar-refractivity contribution in [3.05, 3.63) is 34.9 Å². The smallest absolute Gasteiger partial charge is 0.407 e. The number of aliphatic hydroxyl groups excluding tert-OH is 1. The summed E-state index contributed by atoms with van der Waals surface area (Å²) in [4.78, 5) is 12.0. The number of benzene rings is 1. The van der Waals surface area contributed by atoms with Gasteiger partial charge >= 0.3 is 6.09 Å². The molecule has 2 rings (SSSR count). The van der Waals surface area contributed by atoms with Crippen molar-refractivity contribution < 1.29 is 15.0 Å². The molecule has 0 bridgehead atoms. The Labute approximate surface area is 98.1 Å². The first-order valence-electron chi connectivity index (χ1n) is 5.00. The van der Waals surface area contributed by atoms with E-state index in [4.69, 9.17) is 16.7 Å². The van der Waals surface area contributed by atoms with E-state index in [-0.39, 0.29) is 12.6 Å². The van der Waals surface area contributed by atoms with Gasteiger partial charge in [-0.1, -0.05) is 23.7 Å². The number of β-amino-alcohol motifs (C(OH)–C–C–N with tert-alkyl or cyclic N) is 1. The van der Waals surface area contributed by atoms with E-state index in [0.717, 1.165) is 5.56 Å². The fourth-order valence-corrected chi connectivity index (χ4v) is 1.98. The first-order chi connectivity index (χ1) is 7.58. The van der Waals surface area contributed by atoms with E-state index in [1.54, 1.807) is 12.1 Å². The third kappa shape index (κ3) is 2.13. The summed E-state index contributed by atoms with van der Waals surface area (Å²) in [6, 6.07) is 6.86. The van der Waals surface area contributed by atoms with E-state index < -0.39 is 12.2 Å². The monoisotopic (exact) mass is 241 g/mol. The molecule has 1 saturated heterocycles. The van der Waals surface area contributed by atoms with Crippen LogP contribution in [0.2, 0.25) is 5.02 Å². The van der Waals surface area contributed by atoms with Gasteiger partial charge in [0, 0.05) is 5.02 Å². The largest absolute Gasteiger partial charge is 0.465 e. The number of hydrogen-bond donors (Lipinski definition) is 2. The minimum atomic E-state index is -0.982. The third-order valence-corrected chi connectivity index (χ3v) is 3.08. The molecule has 1 fully saturated rings. The molecule has 1 unspecified atom stereocenters. The Hall–Kier alpha value is -1.26. The maximum absolute atomic E-state index is 10.8. The second-order valence-corrected chi connectivity index (χ2v) is 4.34. The van der Waals surface area contributed by atoms with Crippen LogP contribution < -0.4 is 0 Å². The summed E-state index contributed by atoms with van der Waals surface area (Å²) in [5, 5.41) is 19.0. The Kier molecular flexibility index (Phi) is 3.03. The van der Waals surface area contributed by atoms with Crippen molar-refractivity contribution in [3.8, 4) is 0 Å². The molecule has 0 saturated carbocycles. The van der Waals surface area contributed by atoms with Crippen molar-refractivity contribution in [3.63, 3.8) is 0 Å². The minimum absolute atomic E-state index is 0.202. The fourth-order valence-electron chi connectivity index (χ4n) is 1.86. The molecule has 2 atom stereocenters. The van der Waals surface area contributed by atoms with Crippen LogP contribution in [0, 0.1) is 0 Å². The fraction of sp³-hybridized carbons (Fsp3) is 0.364. The zero-order valence-corrected chi connectivity index (χ0v) is 9.26. The number of likely N-dealkylation sites (tertiary alicyclic amines) is 1. The lowest BCUT2D eigenvalue weighted by atomic mass is 9.93. The van der Waals surface area contributed by atoms with E-state index in [1.165, 1.54) is 4.90 Å². The molecule has 0 aromatic heterocycles. The van der Waals surface area contributed by atoms with Crippen molar-refractivity contribution in [2.75, 3.05) is 6.54 Å². The summed E-state index contributed by atoms with van der Waals surface area (Å²) in [7, 11) is 0. The lowest BCUT2D eigenvalue weighted by molar-refractivity contribution is -0.0456. The van der Waals surface area contributed by atoms with Crippen LogP contribution in [0.15, 0.2) is 24.3 Å². The molecule has 1 aromatic rings. The van der Waals surface area contributed by atoms with Crippen molar-refractivity contribution in [1.82, 2.24) is 4.90 Å². The van der Waals surface area contributed by atoms with Crippen molar-refractivity contribution in [2.45, 2.75) is 18.6 Å². The van der Waals surface area contributed by atoms with Crippen LogP contribution in [0.1, 0.15) is 5.56 Å². The summed E-state index contributed by atoms with van der Waals surface area (Å²) in [5.41, 5.74) is 0.972. The molecule has 1 heterocycles. The lowest BCUT2D eigenvalue weighted by Gasteiger charge is -2.43. The number of rotatable bonds is 2. The van der Waals surface area contributed by atoms with E-state index in [9.17, 15) is 9.90 Å². The van der Waals surface area contributed by atoms with Gasteiger partial charge in [-0.05, 0) is 24.1 Å². The highest BCUT2D eigenvalue weighted by atomic mass is 35.5. The standard InChI is InChI=1S/C11H12ClNO3/c12-8-3-1-7(2-4-8)5-9-10(14)6-13(9)11(15)16/h1-4,9-10,14H,5-6H2,(H,15,16)/t9-,10?/m0/s1. The summed E-state index contributed by atoms with van der Waals surface area (Å²) in [6.45, 7) is 0.202. The van der Waals surface area contributed by atoms with Crippen molar-refractivity contribution >= 4 is 17.7 Å². The Morgan fingerprint density at radius 3 is 2.56 bits per heavy atom. The quantitative estimate of drug-likeness (QED) is 0.827. The molecule has 1 aliphatic rings. The second-order valence-electron chi connectivity index (χ2n) is 3.90. The molecule has 5 heteroatoms. The molecule has 0 radical (unpaired) electrons. The first-order valence-corrected chi connectivity index (χ1v) is 5.38. The Balaban J connectivity index is 2.03. The highest BCUT2D eigenvalue weighted by Gasteiger charge is 2.40. The topological polar surface area (TPSA) is 60.8 Å². The first kappa shape index (κ1) is 11.2. The molecule has 86 valence electrons. The molecule has 1 amide bonds. The normalized spacial score (nSPS) is 24.0. The van der Waals surface area contributed by atoms with Gasteiger partial charge in [-0.15, -0.1) is 0 Å². The molecular weight excluding hydrogens is 230 g/mol. The van der Waals surface area contributed by atoms with Gasteiger partial charge in [0.1, 0.15) is 0 Å². The van der Waals surface area contributed by atoms with E-state index in [2.05, 4.69) is 0 Å². The highest BCUT2D eigenvalue weighted by molar-refractivity contribution is 6.30. The molecule has 16 heavy (non-hydrogen) atoms. The Bertz CT molecular complexity index is 393. The van der Waals surface area contributed by atoms with Gasteiger partial charge in [0.25, 0.3) is 0 Å². The van der Waals surface area contributed by atoms with Gasteiger partial charge in [-0.3, -0.25) is 4.90 Å². The second kappa shape index (κ2) is 4.31. The van der Waals surface area contributed by atoms with Gasteiger partial charge in [-0.2, -0.15) is 0 Å².